The number of carboxylic acids is 1. The van der Waals surface area contributed by atoms with Gasteiger partial charge in [-0.05, 0) is 36.1 Å². The Hall–Kier alpha value is -4.14. The lowest BCUT2D eigenvalue weighted by Gasteiger charge is -2.25. The first-order valence-corrected chi connectivity index (χ1v) is 11.7. The number of aliphatic carboxylic acids is 1. The van der Waals surface area contributed by atoms with Crippen LogP contribution in [0, 0.1) is 12.8 Å². The van der Waals surface area contributed by atoms with Crippen molar-refractivity contribution in [2.45, 2.75) is 52.1 Å². The van der Waals surface area contributed by atoms with Gasteiger partial charge in [0.05, 0.1) is 12.0 Å². The minimum absolute atomic E-state index is 0.0510. The summed E-state index contributed by atoms with van der Waals surface area (Å²) in [4.78, 5) is 50.3. The Morgan fingerprint density at radius 2 is 1.75 bits per heavy atom. The zero-order valence-electron chi connectivity index (χ0n) is 20.4. The Morgan fingerprint density at radius 3 is 2.39 bits per heavy atom. The number of carbonyl (C=O) groups is 3. The van der Waals surface area contributed by atoms with Crippen LogP contribution < -0.4 is 16.3 Å². The van der Waals surface area contributed by atoms with Crippen LogP contribution in [0.2, 0.25) is 0 Å². The predicted molar refractivity (Wildman–Crippen MR) is 134 cm³/mol. The van der Waals surface area contributed by atoms with E-state index < -0.39 is 35.5 Å². The van der Waals surface area contributed by atoms with Crippen LogP contribution in [0.15, 0.2) is 57.7 Å². The number of phenolic OH excluding ortho intramolecular Hbond substituents is 1. The summed E-state index contributed by atoms with van der Waals surface area (Å²) in [5.41, 5.74) is 0.924. The molecule has 0 radical (unpaired) electrons. The molecule has 0 aliphatic carbocycles. The van der Waals surface area contributed by atoms with E-state index in [2.05, 4.69) is 10.6 Å². The number of aromatic hydroxyl groups is 1. The summed E-state index contributed by atoms with van der Waals surface area (Å²) in [6.45, 7) is 5.31. The number of benzene rings is 2. The molecule has 190 valence electrons. The summed E-state index contributed by atoms with van der Waals surface area (Å²) >= 11 is 0. The fraction of sp³-hybridized carbons (Fsp3) is 0.333. The first-order chi connectivity index (χ1) is 17.1. The monoisotopic (exact) mass is 494 g/mol. The number of phenols is 1. The van der Waals surface area contributed by atoms with Gasteiger partial charge in [0.15, 0.2) is 0 Å². The Morgan fingerprint density at radius 1 is 1.06 bits per heavy atom. The van der Waals surface area contributed by atoms with Crippen molar-refractivity contribution in [3.05, 3.63) is 75.6 Å². The van der Waals surface area contributed by atoms with E-state index in [4.69, 9.17) is 4.42 Å². The van der Waals surface area contributed by atoms with Crippen LogP contribution in [0.3, 0.4) is 0 Å². The molecule has 3 aromatic rings. The van der Waals surface area contributed by atoms with E-state index in [1.807, 2.05) is 13.0 Å². The fourth-order valence-electron chi connectivity index (χ4n) is 3.99. The van der Waals surface area contributed by atoms with Crippen molar-refractivity contribution in [3.8, 4) is 5.75 Å². The van der Waals surface area contributed by atoms with Crippen LogP contribution in [-0.4, -0.2) is 40.1 Å². The average molecular weight is 495 g/mol. The topological polar surface area (TPSA) is 146 Å². The summed E-state index contributed by atoms with van der Waals surface area (Å²) in [6.07, 6.45) is 0.322. The highest BCUT2D eigenvalue weighted by Crippen LogP contribution is 2.23. The number of carboxylic acid groups (broad SMARTS) is 1. The fourth-order valence-corrected chi connectivity index (χ4v) is 3.99. The minimum atomic E-state index is -1.18. The second kappa shape index (κ2) is 11.5. The van der Waals surface area contributed by atoms with Crippen LogP contribution >= 0.6 is 0 Å². The van der Waals surface area contributed by atoms with Crippen molar-refractivity contribution in [2.24, 2.45) is 5.92 Å². The number of hydrogen-bond acceptors (Lipinski definition) is 6. The normalized spacial score (nSPS) is 13.5. The lowest BCUT2D eigenvalue weighted by Crippen LogP contribution is -2.54. The second-order valence-corrected chi connectivity index (χ2v) is 8.87. The number of rotatable bonds is 10. The van der Waals surface area contributed by atoms with Gasteiger partial charge < -0.3 is 25.3 Å². The smallest absolute Gasteiger partial charge is 0.340 e. The van der Waals surface area contributed by atoms with Crippen molar-refractivity contribution < 1.29 is 29.0 Å². The van der Waals surface area contributed by atoms with E-state index >= 15 is 0 Å². The van der Waals surface area contributed by atoms with Gasteiger partial charge in [-0.25, -0.2) is 9.59 Å². The van der Waals surface area contributed by atoms with Crippen LogP contribution in [0.1, 0.15) is 37.0 Å². The van der Waals surface area contributed by atoms with Gasteiger partial charge in [0.25, 0.3) is 0 Å². The molecule has 0 aliphatic heterocycles. The van der Waals surface area contributed by atoms with Gasteiger partial charge in [0.1, 0.15) is 23.4 Å². The molecule has 0 unspecified atom stereocenters. The molecule has 4 N–H and O–H groups in total. The van der Waals surface area contributed by atoms with Gasteiger partial charge >= 0.3 is 11.6 Å². The molecule has 9 nitrogen and oxygen atoms in total. The first-order valence-electron chi connectivity index (χ1n) is 11.7. The molecule has 9 heteroatoms. The van der Waals surface area contributed by atoms with E-state index in [9.17, 15) is 29.4 Å². The molecule has 0 aliphatic rings. The number of carbonyl (C=O) groups excluding carboxylic acids is 2. The lowest BCUT2D eigenvalue weighted by atomic mass is 9.96. The molecule has 2 aromatic carbocycles. The zero-order chi connectivity index (χ0) is 26.4. The third-order valence-electron chi connectivity index (χ3n) is 6.32. The number of fused-ring (bicyclic) bond motifs is 1. The van der Waals surface area contributed by atoms with Gasteiger partial charge in [-0.3, -0.25) is 9.59 Å². The van der Waals surface area contributed by atoms with Crippen LogP contribution in [-0.2, 0) is 27.2 Å². The molecule has 0 saturated heterocycles. The van der Waals surface area contributed by atoms with E-state index in [1.165, 1.54) is 12.1 Å². The molecular formula is C27H30N2O7. The third-order valence-corrected chi connectivity index (χ3v) is 6.32. The molecule has 0 bridgehead atoms. The van der Waals surface area contributed by atoms with Gasteiger partial charge in [-0.1, -0.05) is 50.6 Å². The van der Waals surface area contributed by atoms with Crippen molar-refractivity contribution in [2.75, 3.05) is 0 Å². The third kappa shape index (κ3) is 6.29. The van der Waals surface area contributed by atoms with Crippen molar-refractivity contribution in [1.82, 2.24) is 10.6 Å². The van der Waals surface area contributed by atoms with Gasteiger partial charge in [-0.2, -0.15) is 0 Å². The van der Waals surface area contributed by atoms with E-state index in [1.54, 1.807) is 44.2 Å². The quantitative estimate of drug-likeness (QED) is 0.317. The van der Waals surface area contributed by atoms with Gasteiger partial charge in [-0.15, -0.1) is 0 Å². The molecule has 1 aromatic heterocycles. The Bertz CT molecular complexity index is 1320. The SMILES string of the molecule is CC[C@@H](C)[C@@H](NC(=O)Cc1c(C)c2ccc(O)cc2oc1=O)C(=O)N[C@H](Cc1ccccc1)C(=O)O. The van der Waals surface area contributed by atoms with Crippen molar-refractivity contribution in [1.29, 1.82) is 0 Å². The van der Waals surface area contributed by atoms with E-state index in [0.717, 1.165) is 5.56 Å². The molecule has 0 fully saturated rings. The van der Waals surface area contributed by atoms with Gasteiger partial charge in [0, 0.05) is 17.9 Å². The molecule has 1 heterocycles. The molecule has 0 spiro atoms. The first kappa shape index (κ1) is 26.5. The number of nitrogens with one attached hydrogen (secondary N) is 2. The summed E-state index contributed by atoms with van der Waals surface area (Å²) in [7, 11) is 0. The molecule has 0 saturated carbocycles. The van der Waals surface area contributed by atoms with Crippen LogP contribution in [0.4, 0.5) is 0 Å². The number of amides is 2. The molecule has 3 rings (SSSR count). The molecular weight excluding hydrogens is 464 g/mol. The number of aryl methyl sites for hydroxylation is 1. The summed E-state index contributed by atoms with van der Waals surface area (Å²) in [6, 6.07) is 11.1. The zero-order valence-corrected chi connectivity index (χ0v) is 20.4. The summed E-state index contributed by atoms with van der Waals surface area (Å²) < 4.78 is 5.27. The maximum absolute atomic E-state index is 13.1. The average Bonchev–Trinajstić information content (AvgIpc) is 2.84. The maximum atomic E-state index is 13.1. The largest absolute Gasteiger partial charge is 0.508 e. The highest BCUT2D eigenvalue weighted by molar-refractivity contribution is 5.92. The Kier molecular flexibility index (Phi) is 8.47. The highest BCUT2D eigenvalue weighted by atomic mass is 16.4. The Labute approximate surface area is 208 Å². The summed E-state index contributed by atoms with van der Waals surface area (Å²) in [5, 5.41) is 25.1. The second-order valence-electron chi connectivity index (χ2n) is 8.87. The lowest BCUT2D eigenvalue weighted by molar-refractivity contribution is -0.142. The van der Waals surface area contributed by atoms with Crippen LogP contribution in [0.25, 0.3) is 11.0 Å². The Balaban J connectivity index is 1.77. The number of hydrogen-bond donors (Lipinski definition) is 4. The maximum Gasteiger partial charge on any atom is 0.340 e. The van der Waals surface area contributed by atoms with Gasteiger partial charge in [0.2, 0.25) is 11.8 Å². The molecule has 3 atom stereocenters. The van der Waals surface area contributed by atoms with E-state index in [-0.39, 0.29) is 35.7 Å². The molecule has 2 amide bonds. The van der Waals surface area contributed by atoms with Crippen LogP contribution in [0.5, 0.6) is 5.75 Å². The predicted octanol–water partition coefficient (Wildman–Crippen LogP) is 2.69. The van der Waals surface area contributed by atoms with Crippen molar-refractivity contribution >= 4 is 28.8 Å². The molecule has 36 heavy (non-hydrogen) atoms. The summed E-state index contributed by atoms with van der Waals surface area (Å²) in [5.74, 6) is -2.71. The minimum Gasteiger partial charge on any atom is -0.508 e. The highest BCUT2D eigenvalue weighted by Gasteiger charge is 2.30. The van der Waals surface area contributed by atoms with E-state index in [0.29, 0.717) is 17.4 Å². The van der Waals surface area contributed by atoms with Crippen molar-refractivity contribution in [3.63, 3.8) is 0 Å². The standard InChI is InChI=1S/C27H30N2O7/c1-4-15(2)24(25(32)28-21(26(33)34)12-17-8-6-5-7-9-17)29-23(31)14-20-16(3)19-11-10-18(30)13-22(19)36-27(20)35/h5-11,13,15,21,24,30H,4,12,14H2,1-3H3,(H,28,32)(H,29,31)(H,33,34)/t15-,21-,24-/m1/s1.